The summed E-state index contributed by atoms with van der Waals surface area (Å²) in [5, 5.41) is 3.04. The summed E-state index contributed by atoms with van der Waals surface area (Å²) in [7, 11) is 4.59. The zero-order chi connectivity index (χ0) is 25.5. The highest BCUT2D eigenvalue weighted by Gasteiger charge is 2.44. The van der Waals surface area contributed by atoms with E-state index >= 15 is 0 Å². The fourth-order valence-corrected chi connectivity index (χ4v) is 4.69. The van der Waals surface area contributed by atoms with Crippen molar-refractivity contribution in [3.05, 3.63) is 58.9 Å². The molecule has 0 aromatic heterocycles. The number of methoxy groups -OCH3 is 2. The SMILES string of the molecule is CCCCN(CC)CCNC(=O)[C@H]1c2cc(OC)c(OC)cc2C(=O)N(C)[C@H]1c1ccccc1F. The van der Waals surface area contributed by atoms with Crippen molar-refractivity contribution in [1.29, 1.82) is 0 Å². The number of fused-ring (bicyclic) bond motifs is 1. The molecular formula is C27H36FN3O4. The predicted molar refractivity (Wildman–Crippen MR) is 134 cm³/mol. The molecule has 0 saturated carbocycles. The van der Waals surface area contributed by atoms with Crippen molar-refractivity contribution < 1.29 is 23.5 Å². The first-order valence-electron chi connectivity index (χ1n) is 12.1. The summed E-state index contributed by atoms with van der Waals surface area (Å²) in [5.41, 5.74) is 1.13. The number of carbonyl (C=O) groups is 2. The van der Waals surface area contributed by atoms with Gasteiger partial charge in [0.05, 0.1) is 26.2 Å². The van der Waals surface area contributed by atoms with E-state index in [1.54, 1.807) is 37.4 Å². The van der Waals surface area contributed by atoms with Crippen molar-refractivity contribution >= 4 is 11.8 Å². The van der Waals surface area contributed by atoms with Crippen molar-refractivity contribution in [3.63, 3.8) is 0 Å². The Morgan fingerprint density at radius 2 is 1.77 bits per heavy atom. The maximum Gasteiger partial charge on any atom is 0.254 e. The van der Waals surface area contributed by atoms with Gasteiger partial charge in [0.1, 0.15) is 5.82 Å². The first kappa shape index (κ1) is 26.5. The van der Waals surface area contributed by atoms with Crippen LogP contribution < -0.4 is 14.8 Å². The van der Waals surface area contributed by atoms with Crippen LogP contribution in [0.3, 0.4) is 0 Å². The summed E-state index contributed by atoms with van der Waals surface area (Å²) in [5.74, 6) is -1.06. The van der Waals surface area contributed by atoms with Crippen molar-refractivity contribution in [2.24, 2.45) is 0 Å². The second-order valence-electron chi connectivity index (χ2n) is 8.73. The molecule has 0 fully saturated rings. The molecule has 2 atom stereocenters. The topological polar surface area (TPSA) is 71.1 Å². The van der Waals surface area contributed by atoms with E-state index in [4.69, 9.17) is 9.47 Å². The lowest BCUT2D eigenvalue weighted by Gasteiger charge is -2.40. The molecule has 0 bridgehead atoms. The van der Waals surface area contributed by atoms with Gasteiger partial charge in [0.2, 0.25) is 5.91 Å². The van der Waals surface area contributed by atoms with Crippen molar-refractivity contribution in [2.45, 2.75) is 38.6 Å². The monoisotopic (exact) mass is 485 g/mol. The summed E-state index contributed by atoms with van der Waals surface area (Å²) in [6.45, 7) is 7.29. The molecule has 8 heteroatoms. The third kappa shape index (κ3) is 5.59. The summed E-state index contributed by atoms with van der Waals surface area (Å²) >= 11 is 0. The fourth-order valence-electron chi connectivity index (χ4n) is 4.69. The van der Waals surface area contributed by atoms with E-state index in [0.717, 1.165) is 25.9 Å². The highest BCUT2D eigenvalue weighted by molar-refractivity contribution is 6.02. The number of benzene rings is 2. The molecule has 3 rings (SSSR count). The van der Waals surface area contributed by atoms with Gasteiger partial charge in [-0.1, -0.05) is 38.5 Å². The molecule has 0 radical (unpaired) electrons. The van der Waals surface area contributed by atoms with Crippen LogP contribution in [-0.2, 0) is 4.79 Å². The molecule has 7 nitrogen and oxygen atoms in total. The third-order valence-corrected chi connectivity index (χ3v) is 6.68. The Labute approximate surface area is 207 Å². The number of amides is 2. The quantitative estimate of drug-likeness (QED) is 0.521. The first-order valence-corrected chi connectivity index (χ1v) is 12.1. The number of nitrogens with zero attached hydrogens (tertiary/aromatic N) is 2. The summed E-state index contributed by atoms with van der Waals surface area (Å²) in [6, 6.07) is 8.72. The van der Waals surface area contributed by atoms with Gasteiger partial charge in [-0.2, -0.15) is 0 Å². The Kier molecular flexibility index (Phi) is 9.09. The van der Waals surface area contributed by atoms with E-state index in [2.05, 4.69) is 24.1 Å². The molecule has 1 aliphatic rings. The number of unbranched alkanes of at least 4 members (excludes halogenated alkanes) is 1. The highest BCUT2D eigenvalue weighted by atomic mass is 19.1. The van der Waals surface area contributed by atoms with Crippen LogP contribution >= 0.6 is 0 Å². The minimum Gasteiger partial charge on any atom is -0.493 e. The van der Waals surface area contributed by atoms with Crippen molar-refractivity contribution in [2.75, 3.05) is 47.4 Å². The molecule has 0 spiro atoms. The van der Waals surface area contributed by atoms with E-state index < -0.39 is 17.8 Å². The maximum absolute atomic E-state index is 15.0. The van der Waals surface area contributed by atoms with Gasteiger partial charge in [-0.15, -0.1) is 0 Å². The van der Waals surface area contributed by atoms with Crippen LogP contribution in [0.2, 0.25) is 0 Å². The lowest BCUT2D eigenvalue weighted by molar-refractivity contribution is -0.124. The van der Waals surface area contributed by atoms with Crippen molar-refractivity contribution in [3.8, 4) is 11.5 Å². The molecule has 0 unspecified atom stereocenters. The van der Waals surface area contributed by atoms with Crippen molar-refractivity contribution in [1.82, 2.24) is 15.1 Å². The van der Waals surface area contributed by atoms with Crippen LogP contribution in [0.25, 0.3) is 0 Å². The number of hydrogen-bond acceptors (Lipinski definition) is 5. The lowest BCUT2D eigenvalue weighted by atomic mass is 9.79. The Hall–Kier alpha value is -3.13. The Bertz CT molecular complexity index is 1050. The summed E-state index contributed by atoms with van der Waals surface area (Å²) in [6.07, 6.45) is 2.21. The molecule has 1 aliphatic heterocycles. The van der Waals surface area contributed by atoms with E-state index in [0.29, 0.717) is 41.3 Å². The van der Waals surface area contributed by atoms with Gasteiger partial charge in [-0.05, 0) is 43.3 Å². The molecular weight excluding hydrogens is 449 g/mol. The van der Waals surface area contributed by atoms with Crippen LogP contribution in [0.1, 0.15) is 60.1 Å². The van der Waals surface area contributed by atoms with Gasteiger partial charge in [0.15, 0.2) is 11.5 Å². The smallest absolute Gasteiger partial charge is 0.254 e. The predicted octanol–water partition coefficient (Wildman–Crippen LogP) is 3.99. The second kappa shape index (κ2) is 12.0. The molecule has 1 N–H and O–H groups in total. The van der Waals surface area contributed by atoms with Gasteiger partial charge >= 0.3 is 0 Å². The van der Waals surface area contributed by atoms with E-state index in [1.807, 2.05) is 0 Å². The highest BCUT2D eigenvalue weighted by Crippen LogP contribution is 2.46. The van der Waals surface area contributed by atoms with Gasteiger partial charge in [0, 0.05) is 31.3 Å². The van der Waals surface area contributed by atoms with E-state index in [9.17, 15) is 14.0 Å². The van der Waals surface area contributed by atoms with E-state index in [-0.39, 0.29) is 11.8 Å². The number of rotatable bonds is 11. The van der Waals surface area contributed by atoms with Gasteiger partial charge < -0.3 is 24.6 Å². The number of halogens is 1. The minimum absolute atomic E-state index is 0.266. The molecule has 35 heavy (non-hydrogen) atoms. The molecule has 190 valence electrons. The van der Waals surface area contributed by atoms with Gasteiger partial charge in [0.25, 0.3) is 5.91 Å². The Balaban J connectivity index is 2.01. The normalized spacial score (nSPS) is 17.3. The van der Waals surface area contributed by atoms with Crippen LogP contribution in [0.15, 0.2) is 36.4 Å². The number of ether oxygens (including phenoxy) is 2. The van der Waals surface area contributed by atoms with Gasteiger partial charge in [-0.3, -0.25) is 9.59 Å². The number of hydrogen-bond donors (Lipinski definition) is 1. The van der Waals surface area contributed by atoms with Gasteiger partial charge in [-0.25, -0.2) is 4.39 Å². The third-order valence-electron chi connectivity index (χ3n) is 6.68. The fraction of sp³-hybridized carbons (Fsp3) is 0.481. The van der Waals surface area contributed by atoms with Crippen LogP contribution in [0, 0.1) is 5.82 Å². The largest absolute Gasteiger partial charge is 0.493 e. The van der Waals surface area contributed by atoms with Crippen LogP contribution in [0.5, 0.6) is 11.5 Å². The molecule has 2 aromatic rings. The molecule has 0 saturated heterocycles. The van der Waals surface area contributed by atoms with Crippen LogP contribution in [0.4, 0.5) is 4.39 Å². The average molecular weight is 486 g/mol. The number of nitrogens with one attached hydrogen (secondary N) is 1. The molecule has 2 amide bonds. The standard InChI is InChI=1S/C27H36FN3O4/c1-6-8-14-31(7-2)15-13-29-26(32)24-19-16-22(34-4)23(35-5)17-20(19)27(33)30(3)25(24)18-11-9-10-12-21(18)28/h9-12,16-17,24-25H,6-8,13-15H2,1-5H3,(H,29,32)/t24-,25-/m0/s1. The van der Waals surface area contributed by atoms with Crippen LogP contribution in [-0.4, -0.2) is 69.1 Å². The Morgan fingerprint density at radius 3 is 2.40 bits per heavy atom. The molecule has 2 aromatic carbocycles. The molecule has 1 heterocycles. The number of likely N-dealkylation sites (N-methyl/N-ethyl adjacent to an activating group) is 2. The molecule has 0 aliphatic carbocycles. The minimum atomic E-state index is -0.824. The van der Waals surface area contributed by atoms with E-state index in [1.165, 1.54) is 25.2 Å². The number of carbonyl (C=O) groups excluding carboxylic acids is 2. The summed E-state index contributed by atoms with van der Waals surface area (Å²) in [4.78, 5) is 30.8. The lowest BCUT2D eigenvalue weighted by Crippen LogP contribution is -2.47. The Morgan fingerprint density at radius 1 is 1.09 bits per heavy atom. The maximum atomic E-state index is 15.0. The summed E-state index contributed by atoms with van der Waals surface area (Å²) < 4.78 is 25.8. The zero-order valence-corrected chi connectivity index (χ0v) is 21.3. The zero-order valence-electron chi connectivity index (χ0n) is 21.3. The average Bonchev–Trinajstić information content (AvgIpc) is 2.87. The first-order chi connectivity index (χ1) is 16.9. The second-order valence-corrected chi connectivity index (χ2v) is 8.73.